The number of hydrogen-bond donors (Lipinski definition) is 0. The number of carbonyl (C=O) groups excluding carboxylic acids is 1. The lowest BCUT2D eigenvalue weighted by Gasteiger charge is -2.12. The number of hydrogen-bond acceptors (Lipinski definition) is 7. The Bertz CT molecular complexity index is 924. The molecule has 29 heavy (non-hydrogen) atoms. The Kier molecular flexibility index (Phi) is 7.86. The van der Waals surface area contributed by atoms with Gasteiger partial charge in [-0.1, -0.05) is 6.07 Å². The summed E-state index contributed by atoms with van der Waals surface area (Å²) >= 11 is 0. The molecule has 0 saturated carbocycles. The highest BCUT2D eigenvalue weighted by atomic mass is 32.2. The van der Waals surface area contributed by atoms with Crippen LogP contribution in [0.15, 0.2) is 47.4 Å². The van der Waals surface area contributed by atoms with Gasteiger partial charge in [0, 0.05) is 14.1 Å². The molecule has 0 fully saturated rings. The van der Waals surface area contributed by atoms with Gasteiger partial charge in [-0.25, -0.2) is 12.7 Å². The lowest BCUT2D eigenvalue weighted by Crippen LogP contribution is -2.22. The molecule has 0 aromatic heterocycles. The summed E-state index contributed by atoms with van der Waals surface area (Å²) in [5, 5.41) is 0. The van der Waals surface area contributed by atoms with Gasteiger partial charge in [-0.2, -0.15) is 0 Å². The van der Waals surface area contributed by atoms with Gasteiger partial charge in [0.1, 0.15) is 19.0 Å². The molecule has 0 bridgehead atoms. The highest BCUT2D eigenvalue weighted by Crippen LogP contribution is 2.27. The summed E-state index contributed by atoms with van der Waals surface area (Å²) in [5.74, 6) is 1.22. The van der Waals surface area contributed by atoms with E-state index < -0.39 is 16.0 Å². The molecular weight excluding hydrogens is 398 g/mol. The first-order valence-electron chi connectivity index (χ1n) is 8.80. The molecule has 0 saturated heterocycles. The maximum Gasteiger partial charge on any atom is 0.310 e. The molecule has 0 spiro atoms. The van der Waals surface area contributed by atoms with E-state index >= 15 is 0 Å². The number of sulfonamides is 1. The number of benzene rings is 2. The molecule has 0 heterocycles. The van der Waals surface area contributed by atoms with E-state index in [1.54, 1.807) is 37.4 Å². The number of carbonyl (C=O) groups is 1. The average Bonchev–Trinajstić information content (AvgIpc) is 2.71. The Morgan fingerprint density at radius 2 is 1.59 bits per heavy atom. The molecule has 2 rings (SSSR count). The van der Waals surface area contributed by atoms with Crippen LogP contribution >= 0.6 is 0 Å². The van der Waals surface area contributed by atoms with E-state index in [0.29, 0.717) is 17.2 Å². The molecule has 0 unspecified atom stereocenters. The lowest BCUT2D eigenvalue weighted by molar-refractivity contribution is -0.143. The van der Waals surface area contributed by atoms with Crippen molar-refractivity contribution in [1.29, 1.82) is 0 Å². The molecule has 0 aliphatic carbocycles. The topological polar surface area (TPSA) is 91.4 Å². The predicted octanol–water partition coefficient (Wildman–Crippen LogP) is 2.12. The Labute approximate surface area is 171 Å². The zero-order valence-corrected chi connectivity index (χ0v) is 17.7. The Morgan fingerprint density at radius 3 is 2.17 bits per heavy atom. The van der Waals surface area contributed by atoms with E-state index in [1.165, 1.54) is 33.3 Å². The van der Waals surface area contributed by atoms with Crippen molar-refractivity contribution in [3.8, 4) is 17.2 Å². The molecule has 0 radical (unpaired) electrons. The second-order valence-corrected chi connectivity index (χ2v) is 8.35. The summed E-state index contributed by atoms with van der Waals surface area (Å²) in [4.78, 5) is 12.2. The maximum atomic E-state index is 12.0. The molecule has 0 N–H and O–H groups in total. The fourth-order valence-corrected chi connectivity index (χ4v) is 3.34. The van der Waals surface area contributed by atoms with Crippen LogP contribution in [-0.4, -0.2) is 60.2 Å². The van der Waals surface area contributed by atoms with Crippen LogP contribution in [0.5, 0.6) is 17.2 Å². The quantitative estimate of drug-likeness (QED) is 0.427. The van der Waals surface area contributed by atoms with Crippen molar-refractivity contribution in [2.75, 3.05) is 41.5 Å². The molecule has 0 aliphatic rings. The molecule has 0 atom stereocenters. The number of ether oxygens (including phenoxy) is 4. The van der Waals surface area contributed by atoms with Gasteiger partial charge < -0.3 is 18.9 Å². The van der Waals surface area contributed by atoms with Crippen LogP contribution in [-0.2, 0) is 26.0 Å². The van der Waals surface area contributed by atoms with Gasteiger partial charge in [0.05, 0.1) is 25.5 Å². The number of rotatable bonds is 10. The number of nitrogens with zero attached hydrogens (tertiary/aromatic N) is 1. The van der Waals surface area contributed by atoms with Crippen LogP contribution in [0.2, 0.25) is 0 Å². The van der Waals surface area contributed by atoms with Crippen molar-refractivity contribution in [2.24, 2.45) is 0 Å². The summed E-state index contributed by atoms with van der Waals surface area (Å²) in [6.45, 7) is 0.224. The summed E-state index contributed by atoms with van der Waals surface area (Å²) in [6.07, 6.45) is 0.0947. The Morgan fingerprint density at radius 1 is 0.931 bits per heavy atom. The van der Waals surface area contributed by atoms with E-state index in [1.807, 2.05) is 0 Å². The van der Waals surface area contributed by atoms with Crippen molar-refractivity contribution >= 4 is 16.0 Å². The minimum absolute atomic E-state index is 0.0733. The minimum atomic E-state index is -3.48. The molecule has 158 valence electrons. The van der Waals surface area contributed by atoms with E-state index in [0.717, 1.165) is 9.87 Å². The Balaban J connectivity index is 1.80. The number of esters is 1. The van der Waals surface area contributed by atoms with Crippen LogP contribution in [0.25, 0.3) is 0 Å². The maximum absolute atomic E-state index is 12.0. The van der Waals surface area contributed by atoms with Gasteiger partial charge >= 0.3 is 5.97 Å². The molecule has 2 aromatic rings. The summed E-state index contributed by atoms with van der Waals surface area (Å²) in [5.41, 5.74) is 0.742. The molecule has 9 heteroatoms. The number of methoxy groups -OCH3 is 2. The normalized spacial score (nSPS) is 11.2. The third-order valence-corrected chi connectivity index (χ3v) is 5.84. The summed E-state index contributed by atoms with van der Waals surface area (Å²) < 4.78 is 46.2. The largest absolute Gasteiger partial charge is 0.493 e. The monoisotopic (exact) mass is 423 g/mol. The van der Waals surface area contributed by atoms with Crippen molar-refractivity contribution < 1.29 is 32.2 Å². The van der Waals surface area contributed by atoms with Gasteiger partial charge in [0.25, 0.3) is 0 Å². The van der Waals surface area contributed by atoms with Gasteiger partial charge in [-0.05, 0) is 42.0 Å². The van der Waals surface area contributed by atoms with E-state index in [9.17, 15) is 13.2 Å². The molecule has 2 aromatic carbocycles. The van der Waals surface area contributed by atoms with E-state index in [-0.39, 0.29) is 24.5 Å². The third kappa shape index (κ3) is 6.10. The van der Waals surface area contributed by atoms with Crippen molar-refractivity contribution in [1.82, 2.24) is 4.31 Å². The minimum Gasteiger partial charge on any atom is -0.493 e. The second-order valence-electron chi connectivity index (χ2n) is 6.19. The summed E-state index contributed by atoms with van der Waals surface area (Å²) in [7, 11) is 2.53. The molecule has 0 aliphatic heterocycles. The fraction of sp³-hybridized carbons (Fsp3) is 0.350. The first-order valence-corrected chi connectivity index (χ1v) is 10.2. The van der Waals surface area contributed by atoms with Gasteiger partial charge in [-0.15, -0.1) is 0 Å². The van der Waals surface area contributed by atoms with Gasteiger partial charge in [0.2, 0.25) is 10.0 Å². The Hall–Kier alpha value is -2.78. The molecule has 8 nitrogen and oxygen atoms in total. The van der Waals surface area contributed by atoms with Crippen LogP contribution in [0.3, 0.4) is 0 Å². The zero-order chi connectivity index (χ0) is 21.4. The van der Waals surface area contributed by atoms with E-state index in [4.69, 9.17) is 18.9 Å². The van der Waals surface area contributed by atoms with Crippen molar-refractivity contribution in [3.63, 3.8) is 0 Å². The smallest absolute Gasteiger partial charge is 0.310 e. The van der Waals surface area contributed by atoms with Crippen LogP contribution in [0.4, 0.5) is 0 Å². The highest BCUT2D eigenvalue weighted by Gasteiger charge is 2.16. The van der Waals surface area contributed by atoms with Crippen molar-refractivity contribution in [2.45, 2.75) is 11.3 Å². The fourth-order valence-electron chi connectivity index (χ4n) is 2.44. The average molecular weight is 423 g/mol. The molecular formula is C20H25NO7S. The van der Waals surface area contributed by atoms with Crippen molar-refractivity contribution in [3.05, 3.63) is 48.0 Å². The standard InChI is InChI=1S/C20H25NO7S/c1-21(2)29(23,24)17-8-6-16(7-9-17)27-11-12-28-20(22)14-15-5-10-18(25-3)19(13-15)26-4/h5-10,13H,11-12,14H2,1-4H3. The zero-order valence-electron chi connectivity index (χ0n) is 16.9. The summed E-state index contributed by atoms with van der Waals surface area (Å²) in [6, 6.07) is 11.3. The third-order valence-electron chi connectivity index (χ3n) is 4.01. The molecule has 0 amide bonds. The van der Waals surface area contributed by atoms with Gasteiger partial charge in [0.15, 0.2) is 11.5 Å². The van der Waals surface area contributed by atoms with E-state index in [2.05, 4.69) is 0 Å². The van der Waals surface area contributed by atoms with Crippen LogP contribution in [0.1, 0.15) is 5.56 Å². The highest BCUT2D eigenvalue weighted by molar-refractivity contribution is 7.89. The predicted molar refractivity (Wildman–Crippen MR) is 107 cm³/mol. The first kappa shape index (κ1) is 22.5. The van der Waals surface area contributed by atoms with Crippen LogP contribution < -0.4 is 14.2 Å². The lowest BCUT2D eigenvalue weighted by atomic mass is 10.1. The second kappa shape index (κ2) is 10.1. The van der Waals surface area contributed by atoms with Crippen LogP contribution in [0, 0.1) is 0 Å². The SMILES string of the molecule is COc1ccc(CC(=O)OCCOc2ccc(S(=O)(=O)N(C)C)cc2)cc1OC. The first-order chi connectivity index (χ1) is 13.8. The van der Waals surface area contributed by atoms with Gasteiger partial charge in [-0.3, -0.25) is 4.79 Å².